The van der Waals surface area contributed by atoms with Crippen molar-refractivity contribution in [2.75, 3.05) is 0 Å². The minimum Gasteiger partial charge on any atom is -0.348 e. The molecule has 0 spiro atoms. The summed E-state index contributed by atoms with van der Waals surface area (Å²) in [6.07, 6.45) is 0. The quantitative estimate of drug-likeness (QED) is 0.844. The van der Waals surface area contributed by atoms with Gasteiger partial charge >= 0.3 is 0 Å². The van der Waals surface area contributed by atoms with Crippen LogP contribution in [0.5, 0.6) is 0 Å². The van der Waals surface area contributed by atoms with Gasteiger partial charge in [-0.15, -0.1) is 11.6 Å². The van der Waals surface area contributed by atoms with Crippen LogP contribution in [0.1, 0.15) is 21.5 Å². The van der Waals surface area contributed by atoms with Crippen LogP contribution >= 0.6 is 22.9 Å². The van der Waals surface area contributed by atoms with E-state index in [0.717, 1.165) is 11.1 Å². The number of carbonyl (C=O) groups excluding carboxylic acids is 1. The molecule has 0 aliphatic rings. The van der Waals surface area contributed by atoms with Gasteiger partial charge < -0.3 is 5.32 Å². The largest absolute Gasteiger partial charge is 0.348 e. The van der Waals surface area contributed by atoms with Gasteiger partial charge in [0.2, 0.25) is 0 Å². The standard InChI is InChI=1S/C13H12ClNOS/c14-7-10-1-3-11(4-2-10)8-15-13(16)12-5-6-17-9-12/h1-6,9H,7-8H2,(H,15,16). The fraction of sp³-hybridized carbons (Fsp3) is 0.154. The van der Waals surface area contributed by atoms with Gasteiger partial charge in [0.05, 0.1) is 0 Å². The Labute approximate surface area is 109 Å². The van der Waals surface area contributed by atoms with Crippen LogP contribution in [-0.2, 0) is 12.4 Å². The molecule has 0 saturated heterocycles. The van der Waals surface area contributed by atoms with E-state index in [1.54, 1.807) is 0 Å². The predicted octanol–water partition coefficient (Wildman–Crippen LogP) is 3.42. The number of benzene rings is 1. The Hall–Kier alpha value is -1.32. The van der Waals surface area contributed by atoms with Crippen LogP contribution in [0.25, 0.3) is 0 Å². The first-order chi connectivity index (χ1) is 8.29. The van der Waals surface area contributed by atoms with Gasteiger partial charge in [0, 0.05) is 23.4 Å². The van der Waals surface area contributed by atoms with Crippen LogP contribution in [0.3, 0.4) is 0 Å². The highest BCUT2D eigenvalue weighted by atomic mass is 35.5. The van der Waals surface area contributed by atoms with Crippen molar-refractivity contribution in [1.29, 1.82) is 0 Å². The second-order valence-electron chi connectivity index (χ2n) is 3.64. The highest BCUT2D eigenvalue weighted by Gasteiger charge is 2.04. The van der Waals surface area contributed by atoms with Gasteiger partial charge in [0.1, 0.15) is 0 Å². The van der Waals surface area contributed by atoms with Gasteiger partial charge in [-0.1, -0.05) is 24.3 Å². The molecule has 2 rings (SSSR count). The van der Waals surface area contributed by atoms with Gasteiger partial charge in [-0.2, -0.15) is 11.3 Å². The summed E-state index contributed by atoms with van der Waals surface area (Å²) in [5.74, 6) is 0.481. The number of thiophene rings is 1. The van der Waals surface area contributed by atoms with Gasteiger partial charge in [-0.05, 0) is 22.6 Å². The van der Waals surface area contributed by atoms with Gasteiger partial charge in [0.25, 0.3) is 5.91 Å². The van der Waals surface area contributed by atoms with Crippen molar-refractivity contribution >= 4 is 28.8 Å². The molecule has 1 N–H and O–H groups in total. The average molecular weight is 266 g/mol. The van der Waals surface area contributed by atoms with Gasteiger partial charge in [0.15, 0.2) is 0 Å². The minimum atomic E-state index is -0.0346. The molecule has 0 atom stereocenters. The Morgan fingerprint density at radius 1 is 1.18 bits per heavy atom. The number of rotatable bonds is 4. The number of hydrogen-bond acceptors (Lipinski definition) is 2. The lowest BCUT2D eigenvalue weighted by Gasteiger charge is -2.04. The Morgan fingerprint density at radius 3 is 2.47 bits per heavy atom. The maximum Gasteiger partial charge on any atom is 0.252 e. The van der Waals surface area contributed by atoms with E-state index in [-0.39, 0.29) is 5.91 Å². The molecule has 1 heterocycles. The zero-order valence-corrected chi connectivity index (χ0v) is 10.7. The van der Waals surface area contributed by atoms with Crippen LogP contribution in [-0.4, -0.2) is 5.91 Å². The van der Waals surface area contributed by atoms with Crippen molar-refractivity contribution in [3.63, 3.8) is 0 Å². The lowest BCUT2D eigenvalue weighted by atomic mass is 10.1. The topological polar surface area (TPSA) is 29.1 Å². The number of amides is 1. The number of hydrogen-bond donors (Lipinski definition) is 1. The summed E-state index contributed by atoms with van der Waals surface area (Å²) in [5.41, 5.74) is 2.87. The second-order valence-corrected chi connectivity index (χ2v) is 4.69. The van der Waals surface area contributed by atoms with Crippen molar-refractivity contribution < 1.29 is 4.79 Å². The van der Waals surface area contributed by atoms with E-state index in [9.17, 15) is 4.79 Å². The lowest BCUT2D eigenvalue weighted by molar-refractivity contribution is 0.0951. The molecule has 0 radical (unpaired) electrons. The Kier molecular flexibility index (Phi) is 4.18. The van der Waals surface area contributed by atoms with Gasteiger partial charge in [-0.25, -0.2) is 0 Å². The Morgan fingerprint density at radius 2 is 1.88 bits per heavy atom. The molecule has 0 fully saturated rings. The molecule has 0 unspecified atom stereocenters. The van der Waals surface area contributed by atoms with E-state index >= 15 is 0 Å². The summed E-state index contributed by atoms with van der Waals surface area (Å²) >= 11 is 7.22. The average Bonchev–Trinajstić information content (AvgIpc) is 2.90. The van der Waals surface area contributed by atoms with Crippen molar-refractivity contribution in [2.24, 2.45) is 0 Å². The highest BCUT2D eigenvalue weighted by Crippen LogP contribution is 2.08. The third kappa shape index (κ3) is 3.32. The molecule has 1 aromatic heterocycles. The smallest absolute Gasteiger partial charge is 0.252 e. The molecule has 2 aromatic rings. The van der Waals surface area contributed by atoms with Crippen molar-refractivity contribution in [3.8, 4) is 0 Å². The SMILES string of the molecule is O=C(NCc1ccc(CCl)cc1)c1ccsc1. The molecule has 17 heavy (non-hydrogen) atoms. The van der Waals surface area contributed by atoms with Crippen LogP contribution in [0.2, 0.25) is 0 Å². The van der Waals surface area contributed by atoms with E-state index < -0.39 is 0 Å². The maximum atomic E-state index is 11.7. The highest BCUT2D eigenvalue weighted by molar-refractivity contribution is 7.08. The van der Waals surface area contributed by atoms with E-state index in [0.29, 0.717) is 18.0 Å². The second kappa shape index (κ2) is 5.84. The molecular weight excluding hydrogens is 254 g/mol. The molecule has 4 heteroatoms. The fourth-order valence-corrected chi connectivity index (χ4v) is 2.24. The third-order valence-electron chi connectivity index (χ3n) is 2.41. The predicted molar refractivity (Wildman–Crippen MR) is 71.5 cm³/mol. The van der Waals surface area contributed by atoms with Crippen LogP contribution < -0.4 is 5.32 Å². The molecule has 0 aliphatic heterocycles. The molecule has 88 valence electrons. The first-order valence-electron chi connectivity index (χ1n) is 5.24. The molecule has 0 bridgehead atoms. The molecule has 2 nitrogen and oxygen atoms in total. The van der Waals surface area contributed by atoms with Crippen LogP contribution in [0.15, 0.2) is 41.1 Å². The Balaban J connectivity index is 1.91. The van der Waals surface area contributed by atoms with E-state index in [2.05, 4.69) is 5.32 Å². The number of halogens is 1. The molecule has 0 aliphatic carbocycles. The summed E-state index contributed by atoms with van der Waals surface area (Å²) in [5, 5.41) is 6.61. The summed E-state index contributed by atoms with van der Waals surface area (Å²) in [7, 11) is 0. The van der Waals surface area contributed by atoms with Crippen LogP contribution in [0, 0.1) is 0 Å². The first-order valence-corrected chi connectivity index (χ1v) is 6.71. The van der Waals surface area contributed by atoms with Crippen molar-refractivity contribution in [1.82, 2.24) is 5.32 Å². The van der Waals surface area contributed by atoms with Crippen molar-refractivity contribution in [2.45, 2.75) is 12.4 Å². The fourth-order valence-electron chi connectivity index (χ4n) is 1.42. The molecule has 0 saturated carbocycles. The number of carbonyl (C=O) groups is 1. The van der Waals surface area contributed by atoms with Crippen molar-refractivity contribution in [3.05, 3.63) is 57.8 Å². The molecule has 1 aromatic carbocycles. The number of nitrogens with one attached hydrogen (secondary N) is 1. The summed E-state index contributed by atoms with van der Waals surface area (Å²) < 4.78 is 0. The summed E-state index contributed by atoms with van der Waals surface area (Å²) in [6, 6.07) is 9.71. The lowest BCUT2D eigenvalue weighted by Crippen LogP contribution is -2.22. The van der Waals surface area contributed by atoms with E-state index in [4.69, 9.17) is 11.6 Å². The van der Waals surface area contributed by atoms with Crippen LogP contribution in [0.4, 0.5) is 0 Å². The third-order valence-corrected chi connectivity index (χ3v) is 3.41. The molecule has 1 amide bonds. The summed E-state index contributed by atoms with van der Waals surface area (Å²) in [4.78, 5) is 11.7. The first kappa shape index (κ1) is 12.1. The normalized spacial score (nSPS) is 10.2. The monoisotopic (exact) mass is 265 g/mol. The zero-order valence-electron chi connectivity index (χ0n) is 9.15. The molecular formula is C13H12ClNOS. The van der Waals surface area contributed by atoms with Gasteiger partial charge in [-0.3, -0.25) is 4.79 Å². The summed E-state index contributed by atoms with van der Waals surface area (Å²) in [6.45, 7) is 0.539. The van der Waals surface area contributed by atoms with E-state index in [1.165, 1.54) is 11.3 Å². The Bertz CT molecular complexity index is 479. The van der Waals surface area contributed by atoms with E-state index in [1.807, 2.05) is 41.1 Å². The number of alkyl halides is 1. The zero-order chi connectivity index (χ0) is 12.1. The minimum absolute atomic E-state index is 0.0346. The maximum absolute atomic E-state index is 11.7.